The van der Waals surface area contributed by atoms with E-state index in [9.17, 15) is 14.7 Å². The second-order valence-corrected chi connectivity index (χ2v) is 4.92. The number of hydrogen-bond acceptors (Lipinski definition) is 5. The first kappa shape index (κ1) is 16.5. The molecule has 0 saturated heterocycles. The van der Waals surface area contributed by atoms with Crippen LogP contribution in [0.2, 0.25) is 0 Å². The van der Waals surface area contributed by atoms with Crippen LogP contribution in [0, 0.1) is 0 Å². The maximum absolute atomic E-state index is 12.0. The number of phenolic OH excluding ortho intramolecular Hbond substituents is 1. The van der Waals surface area contributed by atoms with Crippen LogP contribution < -0.4 is 4.74 Å². The van der Waals surface area contributed by atoms with Gasteiger partial charge in [-0.25, -0.2) is 4.79 Å². The van der Waals surface area contributed by atoms with Crippen molar-refractivity contribution in [2.75, 3.05) is 6.61 Å². The van der Waals surface area contributed by atoms with Gasteiger partial charge in [-0.05, 0) is 25.5 Å². The van der Waals surface area contributed by atoms with E-state index < -0.39 is 11.8 Å². The highest BCUT2D eigenvalue weighted by molar-refractivity contribution is 6.07. The Labute approximate surface area is 134 Å². The zero-order chi connectivity index (χ0) is 16.8. The van der Waals surface area contributed by atoms with E-state index in [-0.39, 0.29) is 30.1 Å². The lowest BCUT2D eigenvalue weighted by atomic mass is 10.0. The quantitative estimate of drug-likeness (QED) is 0.654. The van der Waals surface area contributed by atoms with Crippen LogP contribution in [0.5, 0.6) is 11.5 Å². The fourth-order valence-corrected chi connectivity index (χ4v) is 2.17. The smallest absolute Gasteiger partial charge is 0.339 e. The van der Waals surface area contributed by atoms with Gasteiger partial charge in [0.05, 0.1) is 17.7 Å². The second kappa shape index (κ2) is 7.45. The molecule has 120 valence electrons. The number of esters is 1. The summed E-state index contributed by atoms with van der Waals surface area (Å²) in [4.78, 5) is 23.7. The average molecular weight is 314 g/mol. The summed E-state index contributed by atoms with van der Waals surface area (Å²) >= 11 is 0. The number of ketones is 1. The van der Waals surface area contributed by atoms with E-state index in [2.05, 4.69) is 0 Å². The monoisotopic (exact) mass is 314 g/mol. The van der Waals surface area contributed by atoms with Gasteiger partial charge in [0.25, 0.3) is 0 Å². The lowest BCUT2D eigenvalue weighted by molar-refractivity contribution is 0.0522. The molecule has 1 N–H and O–H groups in total. The Kier molecular flexibility index (Phi) is 5.36. The summed E-state index contributed by atoms with van der Waals surface area (Å²) in [6, 6.07) is 12.2. The van der Waals surface area contributed by atoms with E-state index in [1.807, 2.05) is 30.3 Å². The molecule has 0 aromatic heterocycles. The van der Waals surface area contributed by atoms with Gasteiger partial charge in [-0.1, -0.05) is 30.3 Å². The number of Topliss-reactive ketones (excluding diaryl/α,β-unsaturated/α-hetero) is 1. The van der Waals surface area contributed by atoms with Crippen LogP contribution in [0.1, 0.15) is 40.1 Å². The van der Waals surface area contributed by atoms with Crippen molar-refractivity contribution in [3.8, 4) is 11.5 Å². The fourth-order valence-electron chi connectivity index (χ4n) is 2.17. The average Bonchev–Trinajstić information content (AvgIpc) is 2.53. The largest absolute Gasteiger partial charge is 0.507 e. The molecule has 0 saturated carbocycles. The molecular formula is C18H18O5. The number of rotatable bonds is 6. The number of hydrogen-bond donors (Lipinski definition) is 1. The molecule has 0 amide bonds. The Bertz CT molecular complexity index is 707. The van der Waals surface area contributed by atoms with Crippen LogP contribution in [-0.2, 0) is 11.3 Å². The van der Waals surface area contributed by atoms with Crippen molar-refractivity contribution in [2.45, 2.75) is 20.5 Å². The predicted octanol–water partition coefficient (Wildman–Crippen LogP) is 3.35. The number of carbonyl (C=O) groups excluding carboxylic acids is 2. The summed E-state index contributed by atoms with van der Waals surface area (Å²) in [6.07, 6.45) is 0. The van der Waals surface area contributed by atoms with Gasteiger partial charge in [0.1, 0.15) is 18.1 Å². The normalized spacial score (nSPS) is 10.2. The molecule has 0 aliphatic carbocycles. The Morgan fingerprint density at radius 2 is 1.83 bits per heavy atom. The molecule has 0 radical (unpaired) electrons. The molecular weight excluding hydrogens is 296 g/mol. The van der Waals surface area contributed by atoms with Gasteiger partial charge in [0.2, 0.25) is 0 Å². The van der Waals surface area contributed by atoms with Crippen LogP contribution in [0.3, 0.4) is 0 Å². The molecule has 5 nitrogen and oxygen atoms in total. The number of phenols is 1. The minimum absolute atomic E-state index is 0.00223. The van der Waals surface area contributed by atoms with Crippen LogP contribution in [0.25, 0.3) is 0 Å². The number of benzene rings is 2. The number of ether oxygens (including phenoxy) is 2. The molecule has 23 heavy (non-hydrogen) atoms. The Morgan fingerprint density at radius 3 is 2.43 bits per heavy atom. The highest BCUT2D eigenvalue weighted by Gasteiger charge is 2.21. The zero-order valence-corrected chi connectivity index (χ0v) is 13.0. The topological polar surface area (TPSA) is 72.8 Å². The summed E-state index contributed by atoms with van der Waals surface area (Å²) in [5.41, 5.74) is 0.887. The first-order valence-corrected chi connectivity index (χ1v) is 7.24. The molecule has 0 aliphatic rings. The van der Waals surface area contributed by atoms with Gasteiger partial charge in [0.15, 0.2) is 5.78 Å². The van der Waals surface area contributed by atoms with Crippen LogP contribution in [0.15, 0.2) is 42.5 Å². The second-order valence-electron chi connectivity index (χ2n) is 4.92. The maximum Gasteiger partial charge on any atom is 0.339 e. The number of aromatic hydroxyl groups is 1. The van der Waals surface area contributed by atoms with Gasteiger partial charge in [-0.15, -0.1) is 0 Å². The SMILES string of the molecule is CCOC(=O)c1cc(OCc2ccccc2)cc(O)c1C(C)=O. The first-order chi connectivity index (χ1) is 11.0. The zero-order valence-electron chi connectivity index (χ0n) is 13.0. The lowest BCUT2D eigenvalue weighted by Gasteiger charge is -2.12. The third kappa shape index (κ3) is 4.10. The van der Waals surface area contributed by atoms with Gasteiger partial charge >= 0.3 is 5.97 Å². The van der Waals surface area contributed by atoms with Crippen molar-refractivity contribution in [3.63, 3.8) is 0 Å². The summed E-state index contributed by atoms with van der Waals surface area (Å²) in [5.74, 6) is -1.09. The Morgan fingerprint density at radius 1 is 1.13 bits per heavy atom. The molecule has 0 bridgehead atoms. The molecule has 2 rings (SSSR count). The minimum atomic E-state index is -0.668. The van der Waals surface area contributed by atoms with Gasteiger partial charge in [-0.2, -0.15) is 0 Å². The molecule has 5 heteroatoms. The molecule has 0 fully saturated rings. The van der Waals surface area contributed by atoms with Crippen molar-refractivity contribution in [3.05, 3.63) is 59.2 Å². The van der Waals surface area contributed by atoms with Gasteiger partial charge in [-0.3, -0.25) is 4.79 Å². The summed E-state index contributed by atoms with van der Waals surface area (Å²) in [6.45, 7) is 3.40. The Balaban J connectivity index is 2.31. The van der Waals surface area contributed by atoms with Crippen molar-refractivity contribution in [1.29, 1.82) is 0 Å². The van der Waals surface area contributed by atoms with Crippen LogP contribution in [0.4, 0.5) is 0 Å². The Hall–Kier alpha value is -2.82. The summed E-state index contributed by atoms with van der Waals surface area (Å²) in [5, 5.41) is 10.0. The van der Waals surface area contributed by atoms with Crippen LogP contribution >= 0.6 is 0 Å². The standard InChI is InChI=1S/C18H18O5/c1-3-22-18(21)15-9-14(10-16(20)17(15)12(2)19)23-11-13-7-5-4-6-8-13/h4-10,20H,3,11H2,1-2H3. The molecule has 2 aromatic carbocycles. The van der Waals surface area contributed by atoms with E-state index in [0.29, 0.717) is 5.75 Å². The van der Waals surface area contributed by atoms with E-state index in [4.69, 9.17) is 9.47 Å². The molecule has 0 aliphatic heterocycles. The predicted molar refractivity (Wildman–Crippen MR) is 84.8 cm³/mol. The molecule has 0 heterocycles. The highest BCUT2D eigenvalue weighted by atomic mass is 16.5. The lowest BCUT2D eigenvalue weighted by Crippen LogP contribution is -2.11. The highest BCUT2D eigenvalue weighted by Crippen LogP contribution is 2.29. The fraction of sp³-hybridized carbons (Fsp3) is 0.222. The van der Waals surface area contributed by atoms with Crippen molar-refractivity contribution >= 4 is 11.8 Å². The van der Waals surface area contributed by atoms with Crippen molar-refractivity contribution in [2.24, 2.45) is 0 Å². The summed E-state index contributed by atoms with van der Waals surface area (Å²) < 4.78 is 10.5. The summed E-state index contributed by atoms with van der Waals surface area (Å²) in [7, 11) is 0. The molecule has 2 aromatic rings. The van der Waals surface area contributed by atoms with Crippen LogP contribution in [-0.4, -0.2) is 23.5 Å². The van der Waals surface area contributed by atoms with Gasteiger partial charge in [0, 0.05) is 6.07 Å². The third-order valence-electron chi connectivity index (χ3n) is 3.19. The molecule has 0 spiro atoms. The first-order valence-electron chi connectivity index (χ1n) is 7.24. The number of carbonyl (C=O) groups is 2. The van der Waals surface area contributed by atoms with E-state index in [1.54, 1.807) is 6.92 Å². The van der Waals surface area contributed by atoms with Crippen molar-refractivity contribution < 1.29 is 24.2 Å². The van der Waals surface area contributed by atoms with Gasteiger partial charge < -0.3 is 14.6 Å². The van der Waals surface area contributed by atoms with E-state index in [0.717, 1.165) is 5.56 Å². The maximum atomic E-state index is 12.0. The van der Waals surface area contributed by atoms with Crippen molar-refractivity contribution in [1.82, 2.24) is 0 Å². The third-order valence-corrected chi connectivity index (χ3v) is 3.19. The molecule has 0 unspecified atom stereocenters. The molecule has 0 atom stereocenters. The minimum Gasteiger partial charge on any atom is -0.507 e. The van der Waals surface area contributed by atoms with E-state index >= 15 is 0 Å². The van der Waals surface area contributed by atoms with E-state index in [1.165, 1.54) is 19.1 Å².